The quantitative estimate of drug-likeness (QED) is 0.460. The molecule has 0 saturated carbocycles. The van der Waals surface area contributed by atoms with Gasteiger partial charge >= 0.3 is 24.3 Å². The molecule has 2 aromatic heterocycles. The normalized spacial score (nSPS) is 20.9. The number of aromatic nitrogens is 1. The van der Waals surface area contributed by atoms with E-state index >= 15 is 0 Å². The maximum Gasteiger partial charge on any atom is 0.490 e. The molecular formula is C23H25F6N3O7. The van der Waals surface area contributed by atoms with Gasteiger partial charge in [0.2, 0.25) is 5.91 Å². The zero-order valence-corrected chi connectivity index (χ0v) is 20.1. The number of nitrogens with one attached hydrogen (secondary N) is 1. The van der Waals surface area contributed by atoms with Crippen molar-refractivity contribution < 1.29 is 60.1 Å². The maximum atomic E-state index is 12.4. The molecule has 4 heterocycles. The monoisotopic (exact) mass is 569 g/mol. The van der Waals surface area contributed by atoms with Gasteiger partial charge in [-0.15, -0.1) is 0 Å². The van der Waals surface area contributed by atoms with Crippen molar-refractivity contribution in [2.75, 3.05) is 31.6 Å². The largest absolute Gasteiger partial charge is 0.490 e. The number of nitrogens with zero attached hydrogens (tertiary/aromatic N) is 2. The van der Waals surface area contributed by atoms with Crippen LogP contribution in [-0.4, -0.2) is 76.6 Å². The highest BCUT2D eigenvalue weighted by Gasteiger charge is 2.42. The van der Waals surface area contributed by atoms with Gasteiger partial charge in [-0.1, -0.05) is 0 Å². The van der Waals surface area contributed by atoms with Crippen molar-refractivity contribution in [3.63, 3.8) is 0 Å². The van der Waals surface area contributed by atoms with Crippen LogP contribution in [0.25, 0.3) is 0 Å². The number of fused-ring (bicyclic) bond motifs is 1. The van der Waals surface area contributed by atoms with Crippen LogP contribution in [0.3, 0.4) is 0 Å². The number of furan rings is 1. The number of likely N-dealkylation sites (tertiary alicyclic amines) is 1. The van der Waals surface area contributed by atoms with E-state index in [0.29, 0.717) is 24.9 Å². The third kappa shape index (κ3) is 10.9. The molecule has 0 spiro atoms. The summed E-state index contributed by atoms with van der Waals surface area (Å²) in [6.45, 7) is 4.29. The fraction of sp³-hybridized carbons (Fsp3) is 0.478. The van der Waals surface area contributed by atoms with Gasteiger partial charge in [-0.25, -0.2) is 9.59 Å². The number of carbonyl (C=O) groups excluding carboxylic acids is 1. The number of ether oxygens (including phenoxy) is 1. The first-order valence-electron chi connectivity index (χ1n) is 11.3. The SMILES string of the molecule is O=C(C[C@@H]1COC[C@H]2CN(Cc3ccco3)C[C@@H]12)Nc1cccnc1.O=C(O)C(F)(F)F.O=C(O)C(F)(F)F. The van der Waals surface area contributed by atoms with Crippen molar-refractivity contribution in [3.8, 4) is 0 Å². The Morgan fingerprint density at radius 1 is 1.00 bits per heavy atom. The fourth-order valence-corrected chi connectivity index (χ4v) is 4.04. The van der Waals surface area contributed by atoms with Crippen LogP contribution in [0.15, 0.2) is 47.3 Å². The lowest BCUT2D eigenvalue weighted by atomic mass is 9.81. The summed E-state index contributed by atoms with van der Waals surface area (Å²) >= 11 is 0. The van der Waals surface area contributed by atoms with Crippen molar-refractivity contribution >= 4 is 23.5 Å². The third-order valence-electron chi connectivity index (χ3n) is 5.67. The second-order valence-corrected chi connectivity index (χ2v) is 8.59. The minimum Gasteiger partial charge on any atom is -0.475 e. The molecular weight excluding hydrogens is 544 g/mol. The van der Waals surface area contributed by atoms with E-state index in [9.17, 15) is 31.1 Å². The highest BCUT2D eigenvalue weighted by Crippen LogP contribution is 2.36. The smallest absolute Gasteiger partial charge is 0.475 e. The Morgan fingerprint density at radius 2 is 1.64 bits per heavy atom. The molecule has 1 amide bonds. The lowest BCUT2D eigenvalue weighted by Gasteiger charge is -2.32. The van der Waals surface area contributed by atoms with Gasteiger partial charge in [0.1, 0.15) is 5.76 Å². The van der Waals surface area contributed by atoms with Gasteiger partial charge < -0.3 is 24.7 Å². The number of alkyl halides is 6. The zero-order valence-electron chi connectivity index (χ0n) is 20.1. The number of carbonyl (C=O) groups is 3. The van der Waals surface area contributed by atoms with Crippen LogP contribution in [-0.2, 0) is 25.7 Å². The van der Waals surface area contributed by atoms with Gasteiger partial charge in [0.05, 0.1) is 37.9 Å². The highest BCUT2D eigenvalue weighted by molar-refractivity contribution is 5.90. The third-order valence-corrected chi connectivity index (χ3v) is 5.67. The Hall–Kier alpha value is -3.66. The minimum atomic E-state index is -5.08. The molecule has 0 radical (unpaired) electrons. The molecule has 39 heavy (non-hydrogen) atoms. The number of anilines is 1. The van der Waals surface area contributed by atoms with E-state index in [2.05, 4.69) is 15.2 Å². The number of halogens is 6. The van der Waals surface area contributed by atoms with E-state index in [1.807, 2.05) is 24.3 Å². The number of pyridine rings is 1. The van der Waals surface area contributed by atoms with Crippen LogP contribution < -0.4 is 5.32 Å². The first-order chi connectivity index (χ1) is 18.2. The summed E-state index contributed by atoms with van der Waals surface area (Å²) in [5.41, 5.74) is 0.742. The van der Waals surface area contributed by atoms with Gasteiger partial charge in [-0.05, 0) is 42.0 Å². The van der Waals surface area contributed by atoms with E-state index in [4.69, 9.17) is 29.0 Å². The Labute approximate surface area is 217 Å². The Balaban J connectivity index is 0.000000317. The summed E-state index contributed by atoms with van der Waals surface area (Å²) in [5, 5.41) is 17.2. The van der Waals surface area contributed by atoms with E-state index in [-0.39, 0.29) is 11.8 Å². The van der Waals surface area contributed by atoms with Gasteiger partial charge in [0, 0.05) is 25.7 Å². The number of rotatable bonds is 5. The molecule has 2 aliphatic heterocycles. The zero-order chi connectivity index (χ0) is 29.2. The summed E-state index contributed by atoms with van der Waals surface area (Å²) in [7, 11) is 0. The highest BCUT2D eigenvalue weighted by atomic mass is 19.4. The molecule has 3 N–H and O–H groups in total. The number of amides is 1. The molecule has 4 rings (SSSR count). The van der Waals surface area contributed by atoms with Gasteiger partial charge in [-0.2, -0.15) is 26.3 Å². The second-order valence-electron chi connectivity index (χ2n) is 8.59. The van der Waals surface area contributed by atoms with Crippen LogP contribution in [0, 0.1) is 17.8 Å². The van der Waals surface area contributed by atoms with Crippen LogP contribution in [0.4, 0.5) is 32.0 Å². The fourth-order valence-electron chi connectivity index (χ4n) is 4.04. The molecule has 2 aliphatic rings. The van der Waals surface area contributed by atoms with Crippen molar-refractivity contribution in [1.29, 1.82) is 0 Å². The molecule has 0 aliphatic carbocycles. The summed E-state index contributed by atoms with van der Waals surface area (Å²) in [4.78, 5) is 36.6. The minimum absolute atomic E-state index is 0.0340. The molecule has 2 aromatic rings. The number of aliphatic carboxylic acids is 2. The average molecular weight is 569 g/mol. The molecule has 3 atom stereocenters. The predicted octanol–water partition coefficient (Wildman–Crippen LogP) is 3.66. The van der Waals surface area contributed by atoms with E-state index in [0.717, 1.165) is 37.7 Å². The maximum absolute atomic E-state index is 12.4. The lowest BCUT2D eigenvalue weighted by molar-refractivity contribution is -0.193. The van der Waals surface area contributed by atoms with Gasteiger partial charge in [0.15, 0.2) is 0 Å². The Bertz CT molecular complexity index is 1040. The summed E-state index contributed by atoms with van der Waals surface area (Å²) < 4.78 is 74.7. The number of carboxylic acids is 2. The number of carboxylic acid groups (broad SMARTS) is 2. The standard InChI is InChI=1S/C19H23N3O3.2C2HF3O2/c23-19(21-16-3-1-5-20-8-16)7-14-12-24-13-15-9-22(11-18(14)15)10-17-4-2-6-25-17;2*3-2(4,5)1(6)7/h1-6,8,14-15,18H,7,9-13H2,(H,21,23);2*(H,6,7)/t14-,15-,18+;;/m1../s1. The molecule has 0 bridgehead atoms. The molecule has 2 saturated heterocycles. The summed E-state index contributed by atoms with van der Waals surface area (Å²) in [6.07, 6.45) is -4.60. The van der Waals surface area contributed by atoms with Crippen molar-refractivity contribution in [1.82, 2.24) is 9.88 Å². The van der Waals surface area contributed by atoms with Crippen molar-refractivity contribution in [3.05, 3.63) is 48.7 Å². The van der Waals surface area contributed by atoms with Crippen LogP contribution >= 0.6 is 0 Å². The number of hydrogen-bond acceptors (Lipinski definition) is 7. The molecule has 0 aromatic carbocycles. The molecule has 16 heteroatoms. The Kier molecular flexibility index (Phi) is 11.3. The Morgan fingerprint density at radius 3 is 2.15 bits per heavy atom. The molecule has 2 fully saturated rings. The van der Waals surface area contributed by atoms with Gasteiger partial charge in [-0.3, -0.25) is 14.7 Å². The molecule has 0 unspecified atom stereocenters. The van der Waals surface area contributed by atoms with Gasteiger partial charge in [0.25, 0.3) is 0 Å². The number of hydrogen-bond donors (Lipinski definition) is 3. The molecule has 10 nitrogen and oxygen atoms in total. The van der Waals surface area contributed by atoms with Crippen molar-refractivity contribution in [2.45, 2.75) is 25.3 Å². The van der Waals surface area contributed by atoms with Crippen LogP contribution in [0.1, 0.15) is 12.2 Å². The first-order valence-corrected chi connectivity index (χ1v) is 11.3. The summed E-state index contributed by atoms with van der Waals surface area (Å²) in [5.74, 6) is -3.22. The van der Waals surface area contributed by atoms with E-state index < -0.39 is 24.3 Å². The van der Waals surface area contributed by atoms with Crippen LogP contribution in [0.5, 0.6) is 0 Å². The summed E-state index contributed by atoms with van der Waals surface area (Å²) in [6, 6.07) is 7.61. The lowest BCUT2D eigenvalue weighted by Crippen LogP contribution is -2.37. The van der Waals surface area contributed by atoms with E-state index in [1.54, 1.807) is 18.7 Å². The molecule has 216 valence electrons. The second kappa shape index (κ2) is 13.9. The van der Waals surface area contributed by atoms with E-state index in [1.165, 1.54) is 0 Å². The van der Waals surface area contributed by atoms with Crippen LogP contribution in [0.2, 0.25) is 0 Å². The topological polar surface area (TPSA) is 142 Å². The predicted molar refractivity (Wildman–Crippen MR) is 120 cm³/mol. The average Bonchev–Trinajstić information content (AvgIpc) is 3.49. The van der Waals surface area contributed by atoms with Crippen molar-refractivity contribution in [2.24, 2.45) is 17.8 Å². The first kappa shape index (κ1) is 31.6.